The van der Waals surface area contributed by atoms with Crippen LogP contribution in [0.3, 0.4) is 0 Å². The number of nitrogens with two attached hydrogens (primary N) is 1. The molecule has 1 amide bonds. The topological polar surface area (TPSA) is 46.3 Å². The van der Waals surface area contributed by atoms with Gasteiger partial charge in [-0.1, -0.05) is 0 Å². The van der Waals surface area contributed by atoms with Gasteiger partial charge in [-0.15, -0.1) is 11.3 Å². The van der Waals surface area contributed by atoms with Crippen molar-refractivity contribution in [2.45, 2.75) is 19.4 Å². The van der Waals surface area contributed by atoms with E-state index in [1.807, 2.05) is 24.0 Å². The Labute approximate surface area is 87.5 Å². The number of carbonyl (C=O) groups is 1. The third-order valence-corrected chi connectivity index (χ3v) is 3.45. The summed E-state index contributed by atoms with van der Waals surface area (Å²) in [6, 6.07) is 4.04. The fourth-order valence-electron chi connectivity index (χ4n) is 1.68. The maximum Gasteiger partial charge on any atom is 0.263 e. The van der Waals surface area contributed by atoms with Crippen molar-refractivity contribution in [1.29, 1.82) is 0 Å². The van der Waals surface area contributed by atoms with Crippen LogP contribution in [0.15, 0.2) is 12.1 Å². The van der Waals surface area contributed by atoms with Gasteiger partial charge < -0.3 is 10.6 Å². The summed E-state index contributed by atoms with van der Waals surface area (Å²) < 4.78 is 0. The molecule has 1 atom stereocenters. The van der Waals surface area contributed by atoms with E-state index in [2.05, 4.69) is 0 Å². The highest BCUT2D eigenvalue weighted by atomic mass is 32.1. The Morgan fingerprint density at radius 3 is 2.93 bits per heavy atom. The van der Waals surface area contributed by atoms with Crippen molar-refractivity contribution in [3.63, 3.8) is 0 Å². The molecule has 0 saturated carbocycles. The van der Waals surface area contributed by atoms with Gasteiger partial charge in [-0.05, 0) is 25.5 Å². The molecule has 1 aromatic heterocycles. The van der Waals surface area contributed by atoms with Gasteiger partial charge in [0.2, 0.25) is 0 Å². The normalized spacial score (nSPS) is 21.6. The molecule has 3 nitrogen and oxygen atoms in total. The monoisotopic (exact) mass is 210 g/mol. The van der Waals surface area contributed by atoms with Crippen molar-refractivity contribution in [2.24, 2.45) is 5.73 Å². The van der Waals surface area contributed by atoms with Crippen LogP contribution in [-0.4, -0.2) is 29.9 Å². The molecular weight excluding hydrogens is 196 g/mol. The lowest BCUT2D eigenvalue weighted by molar-refractivity contribution is 0.0795. The molecule has 0 bridgehead atoms. The lowest BCUT2D eigenvalue weighted by atomic mass is 10.3. The molecule has 0 aliphatic carbocycles. The highest BCUT2D eigenvalue weighted by Gasteiger charge is 2.24. The van der Waals surface area contributed by atoms with Crippen LogP contribution >= 0.6 is 11.3 Å². The largest absolute Gasteiger partial charge is 0.336 e. The zero-order valence-electron chi connectivity index (χ0n) is 8.19. The van der Waals surface area contributed by atoms with Crippen molar-refractivity contribution in [3.8, 4) is 0 Å². The smallest absolute Gasteiger partial charge is 0.263 e. The molecule has 2 heterocycles. The maximum absolute atomic E-state index is 11.9. The van der Waals surface area contributed by atoms with E-state index in [9.17, 15) is 4.79 Å². The number of hydrogen-bond donors (Lipinski definition) is 1. The Morgan fingerprint density at radius 2 is 2.43 bits per heavy atom. The van der Waals surface area contributed by atoms with Crippen LogP contribution in [0.4, 0.5) is 0 Å². The molecule has 2 rings (SSSR count). The highest BCUT2D eigenvalue weighted by Crippen LogP contribution is 2.19. The molecule has 1 aliphatic rings. The van der Waals surface area contributed by atoms with Crippen LogP contribution in [0, 0.1) is 6.92 Å². The predicted molar refractivity (Wildman–Crippen MR) is 57.6 cm³/mol. The van der Waals surface area contributed by atoms with Crippen molar-refractivity contribution >= 4 is 17.2 Å². The van der Waals surface area contributed by atoms with Crippen LogP contribution in [-0.2, 0) is 0 Å². The third kappa shape index (κ3) is 1.81. The summed E-state index contributed by atoms with van der Waals surface area (Å²) in [7, 11) is 0. The molecule has 1 fully saturated rings. The number of likely N-dealkylation sites (tertiary alicyclic amines) is 1. The predicted octanol–water partition coefficient (Wildman–Crippen LogP) is 1.23. The molecule has 0 unspecified atom stereocenters. The Morgan fingerprint density at radius 1 is 1.64 bits per heavy atom. The second kappa shape index (κ2) is 3.71. The van der Waals surface area contributed by atoms with Gasteiger partial charge in [0.25, 0.3) is 5.91 Å². The van der Waals surface area contributed by atoms with Crippen LogP contribution in [0.2, 0.25) is 0 Å². The highest BCUT2D eigenvalue weighted by molar-refractivity contribution is 7.13. The van der Waals surface area contributed by atoms with Crippen LogP contribution < -0.4 is 5.73 Å². The Balaban J connectivity index is 2.09. The molecule has 4 heteroatoms. The average molecular weight is 210 g/mol. The summed E-state index contributed by atoms with van der Waals surface area (Å²) in [5.41, 5.74) is 5.76. The van der Waals surface area contributed by atoms with Gasteiger partial charge in [0.05, 0.1) is 4.88 Å². The second-order valence-corrected chi connectivity index (χ2v) is 5.00. The summed E-state index contributed by atoms with van der Waals surface area (Å²) in [5.74, 6) is 0.135. The minimum Gasteiger partial charge on any atom is -0.336 e. The molecule has 0 aromatic carbocycles. The fraction of sp³-hybridized carbons (Fsp3) is 0.500. The molecule has 1 aromatic rings. The Bertz CT molecular complexity index is 348. The van der Waals surface area contributed by atoms with E-state index < -0.39 is 0 Å². The summed E-state index contributed by atoms with van der Waals surface area (Å²) in [4.78, 5) is 15.7. The first-order valence-electron chi connectivity index (χ1n) is 4.78. The lowest BCUT2D eigenvalue weighted by Gasteiger charge is -2.13. The summed E-state index contributed by atoms with van der Waals surface area (Å²) in [5, 5.41) is 0. The first-order valence-corrected chi connectivity index (χ1v) is 5.60. The van der Waals surface area contributed by atoms with Crippen LogP contribution in [0.5, 0.6) is 0 Å². The van der Waals surface area contributed by atoms with E-state index in [4.69, 9.17) is 5.73 Å². The van der Waals surface area contributed by atoms with Gasteiger partial charge in [-0.2, -0.15) is 0 Å². The van der Waals surface area contributed by atoms with E-state index in [0.29, 0.717) is 6.54 Å². The van der Waals surface area contributed by atoms with Gasteiger partial charge in [-0.25, -0.2) is 0 Å². The molecule has 76 valence electrons. The van der Waals surface area contributed by atoms with Crippen molar-refractivity contribution in [2.75, 3.05) is 13.1 Å². The van der Waals surface area contributed by atoms with E-state index >= 15 is 0 Å². The number of hydrogen-bond acceptors (Lipinski definition) is 3. The second-order valence-electron chi connectivity index (χ2n) is 3.71. The van der Waals surface area contributed by atoms with Gasteiger partial charge in [0.1, 0.15) is 0 Å². The van der Waals surface area contributed by atoms with E-state index in [1.54, 1.807) is 11.3 Å². The molecule has 0 spiro atoms. The Hall–Kier alpha value is -0.870. The van der Waals surface area contributed by atoms with Gasteiger partial charge in [0, 0.05) is 24.0 Å². The molecule has 14 heavy (non-hydrogen) atoms. The van der Waals surface area contributed by atoms with Gasteiger partial charge in [-0.3, -0.25) is 4.79 Å². The lowest BCUT2D eigenvalue weighted by Crippen LogP contribution is -2.31. The first kappa shape index (κ1) is 9.68. The first-order chi connectivity index (χ1) is 6.66. The van der Waals surface area contributed by atoms with Crippen molar-refractivity contribution < 1.29 is 4.79 Å². The fourth-order valence-corrected chi connectivity index (χ4v) is 2.51. The molecule has 2 N–H and O–H groups in total. The maximum atomic E-state index is 11.9. The average Bonchev–Trinajstić information content (AvgIpc) is 2.73. The molecular formula is C10H14N2OS. The van der Waals surface area contributed by atoms with Crippen LogP contribution in [0.1, 0.15) is 21.0 Å². The summed E-state index contributed by atoms with van der Waals surface area (Å²) >= 11 is 1.55. The zero-order valence-corrected chi connectivity index (χ0v) is 9.01. The minimum atomic E-state index is 0.135. The number of aryl methyl sites for hydroxylation is 1. The number of carbonyl (C=O) groups excluding carboxylic acids is 1. The van der Waals surface area contributed by atoms with Crippen molar-refractivity contribution in [3.05, 3.63) is 21.9 Å². The van der Waals surface area contributed by atoms with E-state index in [-0.39, 0.29) is 11.9 Å². The molecule has 1 saturated heterocycles. The van der Waals surface area contributed by atoms with E-state index in [0.717, 1.165) is 17.8 Å². The number of thiophene rings is 1. The molecule has 0 radical (unpaired) electrons. The standard InChI is InChI=1S/C10H14N2OS/c1-7-2-3-9(14-7)10(13)12-5-4-8(11)6-12/h2-3,8H,4-6,11H2,1H3/t8-/m1/s1. The van der Waals surface area contributed by atoms with Crippen molar-refractivity contribution in [1.82, 2.24) is 4.90 Å². The number of rotatable bonds is 1. The minimum absolute atomic E-state index is 0.135. The van der Waals surface area contributed by atoms with Gasteiger partial charge >= 0.3 is 0 Å². The molecule has 1 aliphatic heterocycles. The Kier molecular flexibility index (Phi) is 2.56. The third-order valence-electron chi connectivity index (χ3n) is 2.46. The quantitative estimate of drug-likeness (QED) is 0.757. The van der Waals surface area contributed by atoms with Gasteiger partial charge in [0.15, 0.2) is 0 Å². The number of amides is 1. The zero-order chi connectivity index (χ0) is 10.1. The van der Waals surface area contributed by atoms with Crippen LogP contribution in [0.25, 0.3) is 0 Å². The SMILES string of the molecule is Cc1ccc(C(=O)N2CC[C@@H](N)C2)s1. The number of nitrogens with zero attached hydrogens (tertiary/aromatic N) is 1. The summed E-state index contributed by atoms with van der Waals surface area (Å²) in [6.07, 6.45) is 0.927. The summed E-state index contributed by atoms with van der Waals surface area (Å²) in [6.45, 7) is 3.52. The van der Waals surface area contributed by atoms with E-state index in [1.165, 1.54) is 4.88 Å².